The fraction of sp³-hybridized carbons (Fsp3) is 0.556. The third-order valence-corrected chi connectivity index (χ3v) is 2.53. The molecule has 1 aromatic rings. The molecule has 1 atom stereocenters. The molecule has 4 nitrogen and oxygen atoms in total. The zero-order valence-corrected chi connectivity index (χ0v) is 8.75. The van der Waals surface area contributed by atoms with E-state index in [2.05, 4.69) is 4.98 Å². The number of aryl methyl sites for hydroxylation is 2. The van der Waals surface area contributed by atoms with Crippen LogP contribution < -0.4 is 0 Å². The molecule has 0 bridgehead atoms. The number of carbonyl (C=O) groups is 1. The van der Waals surface area contributed by atoms with Crippen molar-refractivity contribution in [1.82, 2.24) is 9.55 Å². The Morgan fingerprint density at radius 1 is 1.71 bits per heavy atom. The van der Waals surface area contributed by atoms with E-state index in [1.807, 2.05) is 11.5 Å². The van der Waals surface area contributed by atoms with Gasteiger partial charge in [-0.25, -0.2) is 9.78 Å². The van der Waals surface area contributed by atoms with Gasteiger partial charge in [0.2, 0.25) is 0 Å². The van der Waals surface area contributed by atoms with Crippen molar-refractivity contribution in [3.05, 3.63) is 17.7 Å². The molecule has 0 saturated carbocycles. The molecule has 2 rings (SSSR count). The van der Waals surface area contributed by atoms with E-state index >= 15 is 0 Å². The van der Waals surface area contributed by atoms with Gasteiger partial charge in [-0.1, -0.05) is 0 Å². The number of aromatic nitrogens is 2. The molecule has 1 aliphatic heterocycles. The van der Waals surface area contributed by atoms with E-state index in [-0.39, 0.29) is 12.4 Å². The van der Waals surface area contributed by atoms with Crippen LogP contribution in [0.4, 0.5) is 0 Å². The molecule has 1 aromatic heterocycles. The molecule has 0 spiro atoms. The molecular weight excluding hydrogens is 204 g/mol. The van der Waals surface area contributed by atoms with Gasteiger partial charge in [0.25, 0.3) is 0 Å². The largest absolute Gasteiger partial charge is 0.480 e. The second-order valence-corrected chi connectivity index (χ2v) is 3.43. The highest BCUT2D eigenvalue weighted by Crippen LogP contribution is 2.25. The Morgan fingerprint density at radius 2 is 2.43 bits per heavy atom. The Labute approximate surface area is 88.4 Å². The lowest BCUT2D eigenvalue weighted by Crippen LogP contribution is -2.25. The standard InChI is InChI=1S/C9H12N2O2.ClH/c1-6-5-10-8-4-2-3-7(9(12)13)11(6)8;/h5,7H,2-4H2,1H3,(H,12,13);1H. The minimum absolute atomic E-state index is 0. The molecule has 0 fully saturated rings. The van der Waals surface area contributed by atoms with Crippen LogP contribution in [-0.4, -0.2) is 20.6 Å². The van der Waals surface area contributed by atoms with Crippen molar-refractivity contribution in [2.75, 3.05) is 0 Å². The van der Waals surface area contributed by atoms with Crippen molar-refractivity contribution in [3.8, 4) is 0 Å². The first-order chi connectivity index (χ1) is 6.20. The smallest absolute Gasteiger partial charge is 0.326 e. The van der Waals surface area contributed by atoms with Gasteiger partial charge in [-0.2, -0.15) is 0 Å². The average Bonchev–Trinajstić information content (AvgIpc) is 2.48. The van der Waals surface area contributed by atoms with E-state index in [0.717, 1.165) is 30.8 Å². The summed E-state index contributed by atoms with van der Waals surface area (Å²) < 4.78 is 1.84. The molecule has 0 radical (unpaired) electrons. The van der Waals surface area contributed by atoms with E-state index in [1.165, 1.54) is 0 Å². The van der Waals surface area contributed by atoms with Gasteiger partial charge in [-0.15, -0.1) is 12.4 Å². The SMILES string of the molecule is Cc1cnc2n1C(C(=O)O)CCC2.Cl. The maximum Gasteiger partial charge on any atom is 0.326 e. The maximum atomic E-state index is 10.9. The van der Waals surface area contributed by atoms with E-state index in [1.54, 1.807) is 6.20 Å². The van der Waals surface area contributed by atoms with Crippen LogP contribution in [0.2, 0.25) is 0 Å². The summed E-state index contributed by atoms with van der Waals surface area (Å²) in [6, 6.07) is -0.397. The molecule has 78 valence electrons. The molecule has 2 heterocycles. The monoisotopic (exact) mass is 216 g/mol. The van der Waals surface area contributed by atoms with Crippen LogP contribution in [0.5, 0.6) is 0 Å². The molecule has 0 saturated heterocycles. The predicted molar refractivity (Wildman–Crippen MR) is 53.8 cm³/mol. The second-order valence-electron chi connectivity index (χ2n) is 3.43. The highest BCUT2D eigenvalue weighted by Gasteiger charge is 2.26. The van der Waals surface area contributed by atoms with Crippen LogP contribution in [0.15, 0.2) is 6.20 Å². The topological polar surface area (TPSA) is 55.1 Å². The summed E-state index contributed by atoms with van der Waals surface area (Å²) in [6.45, 7) is 1.90. The van der Waals surface area contributed by atoms with E-state index in [9.17, 15) is 4.79 Å². The zero-order valence-electron chi connectivity index (χ0n) is 7.93. The van der Waals surface area contributed by atoms with Crippen molar-refractivity contribution in [2.45, 2.75) is 32.2 Å². The van der Waals surface area contributed by atoms with Crippen molar-refractivity contribution in [2.24, 2.45) is 0 Å². The minimum Gasteiger partial charge on any atom is -0.480 e. The first-order valence-electron chi connectivity index (χ1n) is 4.45. The summed E-state index contributed by atoms with van der Waals surface area (Å²) in [5.74, 6) is 0.165. The molecule has 0 aliphatic carbocycles. The number of carboxylic acid groups (broad SMARTS) is 1. The Balaban J connectivity index is 0.000000980. The highest BCUT2D eigenvalue weighted by molar-refractivity contribution is 5.85. The number of halogens is 1. The fourth-order valence-corrected chi connectivity index (χ4v) is 1.92. The number of rotatable bonds is 1. The van der Waals surface area contributed by atoms with E-state index in [0.29, 0.717) is 0 Å². The third-order valence-electron chi connectivity index (χ3n) is 2.53. The quantitative estimate of drug-likeness (QED) is 0.776. The highest BCUT2D eigenvalue weighted by atomic mass is 35.5. The summed E-state index contributed by atoms with van der Waals surface area (Å²) in [5.41, 5.74) is 0.946. The lowest BCUT2D eigenvalue weighted by molar-refractivity contribution is -0.141. The number of aliphatic carboxylic acids is 1. The number of imidazole rings is 1. The molecule has 14 heavy (non-hydrogen) atoms. The van der Waals surface area contributed by atoms with Gasteiger partial charge in [0.1, 0.15) is 11.9 Å². The van der Waals surface area contributed by atoms with Gasteiger partial charge in [-0.05, 0) is 19.8 Å². The minimum atomic E-state index is -0.748. The van der Waals surface area contributed by atoms with Crippen molar-refractivity contribution >= 4 is 18.4 Å². The van der Waals surface area contributed by atoms with Gasteiger partial charge in [-0.3, -0.25) is 0 Å². The van der Waals surface area contributed by atoms with Gasteiger partial charge in [0, 0.05) is 18.3 Å². The summed E-state index contributed by atoms with van der Waals surface area (Å²) in [5, 5.41) is 8.98. The molecule has 1 aliphatic rings. The number of hydrogen-bond acceptors (Lipinski definition) is 2. The Hall–Kier alpha value is -1.03. The molecule has 5 heteroatoms. The number of carboxylic acids is 1. The van der Waals surface area contributed by atoms with Crippen molar-refractivity contribution < 1.29 is 9.90 Å². The summed E-state index contributed by atoms with van der Waals surface area (Å²) in [7, 11) is 0. The summed E-state index contributed by atoms with van der Waals surface area (Å²) >= 11 is 0. The Bertz CT molecular complexity index is 349. The van der Waals surface area contributed by atoms with Crippen LogP contribution in [0.1, 0.15) is 30.4 Å². The zero-order chi connectivity index (χ0) is 9.42. The molecule has 1 unspecified atom stereocenters. The number of fused-ring (bicyclic) bond motifs is 1. The van der Waals surface area contributed by atoms with Gasteiger partial charge >= 0.3 is 5.97 Å². The number of hydrogen-bond donors (Lipinski definition) is 1. The van der Waals surface area contributed by atoms with E-state index < -0.39 is 12.0 Å². The Morgan fingerprint density at radius 3 is 3.07 bits per heavy atom. The summed E-state index contributed by atoms with van der Waals surface area (Å²) in [4.78, 5) is 15.1. The second kappa shape index (κ2) is 4.00. The normalized spacial score (nSPS) is 19.6. The molecule has 1 N–H and O–H groups in total. The van der Waals surface area contributed by atoms with Crippen LogP contribution in [0.3, 0.4) is 0 Å². The molecule has 0 aromatic carbocycles. The van der Waals surface area contributed by atoms with Crippen LogP contribution in [0.25, 0.3) is 0 Å². The van der Waals surface area contributed by atoms with E-state index in [4.69, 9.17) is 5.11 Å². The fourth-order valence-electron chi connectivity index (χ4n) is 1.92. The molecular formula is C9H13ClN2O2. The van der Waals surface area contributed by atoms with Gasteiger partial charge in [0.15, 0.2) is 0 Å². The third kappa shape index (κ3) is 1.62. The average molecular weight is 217 g/mol. The van der Waals surface area contributed by atoms with Crippen LogP contribution in [-0.2, 0) is 11.2 Å². The van der Waals surface area contributed by atoms with Gasteiger partial charge < -0.3 is 9.67 Å². The molecule has 0 amide bonds. The first kappa shape index (κ1) is 11.0. The lowest BCUT2D eigenvalue weighted by atomic mass is 10.0. The van der Waals surface area contributed by atoms with Gasteiger partial charge in [0.05, 0.1) is 0 Å². The Kier molecular flexibility index (Phi) is 3.16. The van der Waals surface area contributed by atoms with Crippen molar-refractivity contribution in [1.29, 1.82) is 0 Å². The predicted octanol–water partition coefficient (Wildman–Crippen LogP) is 1.58. The van der Waals surface area contributed by atoms with Crippen molar-refractivity contribution in [3.63, 3.8) is 0 Å². The lowest BCUT2D eigenvalue weighted by Gasteiger charge is -2.22. The number of nitrogens with zero attached hydrogens (tertiary/aromatic N) is 2. The van der Waals surface area contributed by atoms with Crippen LogP contribution in [0, 0.1) is 6.92 Å². The van der Waals surface area contributed by atoms with Crippen LogP contribution >= 0.6 is 12.4 Å². The summed E-state index contributed by atoms with van der Waals surface area (Å²) in [6.07, 6.45) is 4.29. The first-order valence-corrected chi connectivity index (χ1v) is 4.45. The maximum absolute atomic E-state index is 10.9.